The minimum absolute atomic E-state index is 0.0110. The largest absolute Gasteiger partial charge is 0.453 e. The van der Waals surface area contributed by atoms with Crippen LogP contribution in [0.5, 0.6) is 0 Å². The second-order valence-corrected chi connectivity index (χ2v) is 13.8. The van der Waals surface area contributed by atoms with E-state index in [2.05, 4.69) is 25.6 Å². The predicted molar refractivity (Wildman–Crippen MR) is 185 cm³/mol. The molecule has 0 saturated carbocycles. The molecule has 4 heterocycles. The summed E-state index contributed by atoms with van der Waals surface area (Å²) in [5, 5.41) is 6.09. The molecule has 0 spiro atoms. The molecule has 4 N–H and O–H groups in total. The van der Waals surface area contributed by atoms with Crippen molar-refractivity contribution in [1.82, 2.24) is 35.5 Å². The van der Waals surface area contributed by atoms with Crippen LogP contribution in [0.25, 0.3) is 44.5 Å². The number of carbonyl (C=O) groups is 2. The Labute approximate surface area is 288 Å². The molecule has 2 aliphatic heterocycles. The van der Waals surface area contributed by atoms with Crippen molar-refractivity contribution in [2.24, 2.45) is 5.92 Å². The first kappa shape index (κ1) is 32.1. The van der Waals surface area contributed by atoms with Crippen molar-refractivity contribution in [1.29, 1.82) is 0 Å². The van der Waals surface area contributed by atoms with Gasteiger partial charge in [-0.1, -0.05) is 44.2 Å². The SMILES string of the molecule is COC(=O)N[C@H](C(=O)N1CCCC1c1nc2ccc(-c3ccc4c(c3)C(F)(F)c3cc(-c5cnc([C@@H]6CCCN6)[nH]5)ccc3-4)cc2[nH]1)C(C)C. The minimum Gasteiger partial charge on any atom is -0.453 e. The molecule has 50 heavy (non-hydrogen) atoms. The summed E-state index contributed by atoms with van der Waals surface area (Å²) in [5.74, 6) is -2.01. The molecule has 12 heteroatoms. The molecule has 2 saturated heterocycles. The smallest absolute Gasteiger partial charge is 0.407 e. The van der Waals surface area contributed by atoms with Crippen LogP contribution in [0, 0.1) is 5.92 Å². The van der Waals surface area contributed by atoms with E-state index in [0.717, 1.165) is 54.8 Å². The van der Waals surface area contributed by atoms with Gasteiger partial charge < -0.3 is 30.2 Å². The van der Waals surface area contributed by atoms with E-state index in [0.29, 0.717) is 40.1 Å². The Kier molecular flexibility index (Phi) is 7.93. The summed E-state index contributed by atoms with van der Waals surface area (Å²) in [5.41, 5.74) is 5.33. The summed E-state index contributed by atoms with van der Waals surface area (Å²) in [7, 11) is 1.27. The van der Waals surface area contributed by atoms with Gasteiger partial charge >= 0.3 is 6.09 Å². The number of carbonyl (C=O) groups excluding carboxylic acids is 2. The van der Waals surface area contributed by atoms with Crippen molar-refractivity contribution in [3.8, 4) is 33.5 Å². The van der Waals surface area contributed by atoms with Crippen LogP contribution in [-0.2, 0) is 15.5 Å². The number of aromatic nitrogens is 4. The second kappa shape index (κ2) is 12.3. The molecule has 2 aromatic heterocycles. The van der Waals surface area contributed by atoms with Crippen LogP contribution in [0.4, 0.5) is 13.6 Å². The lowest BCUT2D eigenvalue weighted by molar-refractivity contribution is -0.135. The Morgan fingerprint density at radius 3 is 2.38 bits per heavy atom. The number of methoxy groups -OCH3 is 1. The molecule has 5 aromatic rings. The van der Waals surface area contributed by atoms with Gasteiger partial charge in [-0.15, -0.1) is 0 Å². The van der Waals surface area contributed by atoms with Crippen LogP contribution in [0.15, 0.2) is 60.8 Å². The number of ether oxygens (including phenoxy) is 1. The molecule has 8 rings (SSSR count). The Balaban J connectivity index is 1.05. The van der Waals surface area contributed by atoms with E-state index in [-0.39, 0.29) is 35.0 Å². The second-order valence-electron chi connectivity index (χ2n) is 13.8. The van der Waals surface area contributed by atoms with E-state index >= 15 is 8.78 Å². The fraction of sp³-hybridized carbons (Fsp3) is 0.368. The molecule has 1 aliphatic carbocycles. The Hall–Kier alpha value is -5.10. The maximum Gasteiger partial charge on any atom is 0.407 e. The fourth-order valence-corrected chi connectivity index (χ4v) is 7.71. The van der Waals surface area contributed by atoms with Crippen molar-refractivity contribution >= 4 is 23.0 Å². The molecule has 2 amide bonds. The summed E-state index contributed by atoms with van der Waals surface area (Å²) in [6, 6.07) is 15.3. The molecule has 10 nitrogen and oxygen atoms in total. The Morgan fingerprint density at radius 2 is 1.66 bits per heavy atom. The summed E-state index contributed by atoms with van der Waals surface area (Å²) in [6.45, 7) is 5.25. The summed E-state index contributed by atoms with van der Waals surface area (Å²) >= 11 is 0. The number of aromatic amines is 2. The van der Waals surface area contributed by atoms with Crippen molar-refractivity contribution in [3.63, 3.8) is 0 Å². The number of nitrogens with zero attached hydrogens (tertiary/aromatic N) is 3. The zero-order chi connectivity index (χ0) is 34.7. The number of hydrogen-bond acceptors (Lipinski definition) is 6. The lowest BCUT2D eigenvalue weighted by atomic mass is 9.98. The number of H-pyrrole nitrogens is 2. The monoisotopic (exact) mass is 679 g/mol. The first-order valence-electron chi connectivity index (χ1n) is 17.2. The molecule has 3 aliphatic rings. The van der Waals surface area contributed by atoms with Crippen molar-refractivity contribution in [2.45, 2.75) is 63.6 Å². The number of alkyl carbamates (subject to hydrolysis) is 1. The highest BCUT2D eigenvalue weighted by molar-refractivity contribution is 5.88. The number of imidazole rings is 2. The van der Waals surface area contributed by atoms with Gasteiger partial charge in [0, 0.05) is 23.2 Å². The zero-order valence-corrected chi connectivity index (χ0v) is 28.1. The maximum absolute atomic E-state index is 16.2. The predicted octanol–water partition coefficient (Wildman–Crippen LogP) is 7.21. The lowest BCUT2D eigenvalue weighted by Gasteiger charge is -2.29. The van der Waals surface area contributed by atoms with Gasteiger partial charge in [-0.25, -0.2) is 14.8 Å². The first-order chi connectivity index (χ1) is 24.1. The van der Waals surface area contributed by atoms with Gasteiger partial charge in [-0.3, -0.25) is 4.79 Å². The molecule has 258 valence electrons. The first-order valence-corrected chi connectivity index (χ1v) is 17.2. The quantitative estimate of drug-likeness (QED) is 0.144. The molecule has 0 bridgehead atoms. The Morgan fingerprint density at radius 1 is 0.940 bits per heavy atom. The van der Waals surface area contributed by atoms with Crippen molar-refractivity contribution in [3.05, 3.63) is 83.6 Å². The molecular formula is C38H39F2N7O3. The number of fused-ring (bicyclic) bond motifs is 4. The van der Waals surface area contributed by atoms with Crippen LogP contribution in [-0.4, -0.2) is 63.1 Å². The number of amides is 2. The normalized spacial score (nSPS) is 19.9. The van der Waals surface area contributed by atoms with E-state index < -0.39 is 18.1 Å². The highest BCUT2D eigenvalue weighted by atomic mass is 19.3. The average Bonchev–Trinajstić information content (AvgIpc) is 3.96. The number of rotatable bonds is 7. The van der Waals surface area contributed by atoms with E-state index in [1.54, 1.807) is 35.4 Å². The number of alkyl halides is 2. The lowest BCUT2D eigenvalue weighted by Crippen LogP contribution is -2.51. The van der Waals surface area contributed by atoms with Crippen LogP contribution >= 0.6 is 0 Å². The number of halogens is 2. The Bertz CT molecular complexity index is 2120. The number of benzene rings is 3. The van der Waals surface area contributed by atoms with Crippen molar-refractivity contribution < 1.29 is 23.1 Å². The molecule has 3 atom stereocenters. The molecule has 1 unspecified atom stereocenters. The van der Waals surface area contributed by atoms with E-state index in [9.17, 15) is 9.59 Å². The number of likely N-dealkylation sites (tertiary alicyclic amines) is 1. The standard InChI is InChI=1S/C38H39F2N7O3/c1-20(2)33(46-37(49)50-3)36(48)47-15-5-7-32(47)35-43-28-13-10-22(18-30(28)44-35)21-8-11-24-25-12-9-23(17-27(25)38(39,40)26(24)16-21)31-19-42-34(45-31)29-6-4-14-41-29/h8-13,16-20,29,32-33,41H,4-7,14-15H2,1-3H3,(H,42,45)(H,43,44)(H,46,49)/t29-,32?,33-/m0/s1. The summed E-state index contributed by atoms with van der Waals surface area (Å²) < 4.78 is 37.1. The summed E-state index contributed by atoms with van der Waals surface area (Å²) in [6.07, 6.45) is 4.68. The topological polar surface area (TPSA) is 128 Å². The van der Waals surface area contributed by atoms with E-state index in [4.69, 9.17) is 9.72 Å². The summed E-state index contributed by atoms with van der Waals surface area (Å²) in [4.78, 5) is 43.4. The molecule has 2 fully saturated rings. The van der Waals surface area contributed by atoms with E-state index in [1.165, 1.54) is 7.11 Å². The van der Waals surface area contributed by atoms with Gasteiger partial charge in [0.15, 0.2) is 0 Å². The molecular weight excluding hydrogens is 640 g/mol. The van der Waals surface area contributed by atoms with Crippen LogP contribution in [0.3, 0.4) is 0 Å². The van der Waals surface area contributed by atoms with Crippen LogP contribution < -0.4 is 10.6 Å². The van der Waals surface area contributed by atoms with Gasteiger partial charge in [-0.05, 0) is 84.7 Å². The fourth-order valence-electron chi connectivity index (χ4n) is 7.71. The molecule has 3 aromatic carbocycles. The van der Waals surface area contributed by atoms with Gasteiger partial charge in [0.1, 0.15) is 17.7 Å². The van der Waals surface area contributed by atoms with Crippen LogP contribution in [0.1, 0.15) is 74.4 Å². The van der Waals surface area contributed by atoms with Gasteiger partial charge in [0.2, 0.25) is 5.91 Å². The minimum atomic E-state index is -3.17. The van der Waals surface area contributed by atoms with Crippen molar-refractivity contribution in [2.75, 3.05) is 20.2 Å². The highest BCUT2D eigenvalue weighted by Gasteiger charge is 2.45. The maximum atomic E-state index is 16.2. The zero-order valence-electron chi connectivity index (χ0n) is 28.1. The third-order valence-corrected chi connectivity index (χ3v) is 10.4. The van der Waals surface area contributed by atoms with Crippen LogP contribution in [0.2, 0.25) is 0 Å². The van der Waals surface area contributed by atoms with Gasteiger partial charge in [-0.2, -0.15) is 8.78 Å². The number of hydrogen-bond donors (Lipinski definition) is 4. The third kappa shape index (κ3) is 5.42. The van der Waals surface area contributed by atoms with E-state index in [1.807, 2.05) is 44.2 Å². The van der Waals surface area contributed by atoms with Gasteiger partial charge in [0.25, 0.3) is 5.92 Å². The number of nitrogens with one attached hydrogen (secondary N) is 4. The highest BCUT2D eigenvalue weighted by Crippen LogP contribution is 2.52. The third-order valence-electron chi connectivity index (χ3n) is 10.4. The van der Waals surface area contributed by atoms with Gasteiger partial charge in [0.05, 0.1) is 42.1 Å². The molecule has 0 radical (unpaired) electrons. The average molecular weight is 680 g/mol.